The predicted molar refractivity (Wildman–Crippen MR) is 208 cm³/mol. The van der Waals surface area contributed by atoms with Gasteiger partial charge in [-0.25, -0.2) is 0 Å². The van der Waals surface area contributed by atoms with Crippen molar-refractivity contribution >= 4 is 59.3 Å². The maximum atomic E-state index is 2.35. The molecule has 0 N–H and O–H groups in total. The van der Waals surface area contributed by atoms with Crippen LogP contribution in [-0.2, 0) is 0 Å². The molecule has 8 aromatic carbocycles. The van der Waals surface area contributed by atoms with Crippen LogP contribution in [0.1, 0.15) is 0 Å². The summed E-state index contributed by atoms with van der Waals surface area (Å²) in [7, 11) is 0. The number of anilines is 3. The quantitative estimate of drug-likeness (QED) is 0.177. The second-order valence-electron chi connectivity index (χ2n) is 12.2. The largest absolute Gasteiger partial charge is 0.310 e. The predicted octanol–water partition coefficient (Wildman–Crippen LogP) is 13.7. The second kappa shape index (κ2) is 12.0. The van der Waals surface area contributed by atoms with Gasteiger partial charge in [0, 0.05) is 36.9 Å². The maximum absolute atomic E-state index is 2.35. The molecule has 0 bridgehead atoms. The van der Waals surface area contributed by atoms with Gasteiger partial charge >= 0.3 is 0 Å². The van der Waals surface area contributed by atoms with Crippen LogP contribution in [-0.4, -0.2) is 0 Å². The zero-order valence-electron chi connectivity index (χ0n) is 26.3. The average molecular weight is 630 g/mol. The highest BCUT2D eigenvalue weighted by Crippen LogP contribution is 2.41. The lowest BCUT2D eigenvalue weighted by Crippen LogP contribution is -2.10. The van der Waals surface area contributed by atoms with Gasteiger partial charge in [-0.1, -0.05) is 140 Å². The van der Waals surface area contributed by atoms with E-state index in [-0.39, 0.29) is 0 Å². The Balaban J connectivity index is 1.05. The molecular formula is C46H31NS. The number of fused-ring (bicyclic) bond motifs is 4. The SMILES string of the molecule is c1ccc(-c2ccc3c(c2)sc2cc(-c4cccc(-c5ccc(N(c6ccccc6)c6cccc7ccccc67)cc5)c4)ccc23)cc1. The third-order valence-electron chi connectivity index (χ3n) is 9.26. The Morgan fingerprint density at radius 2 is 0.792 bits per heavy atom. The minimum Gasteiger partial charge on any atom is -0.310 e. The van der Waals surface area contributed by atoms with Gasteiger partial charge in [0.25, 0.3) is 0 Å². The zero-order chi connectivity index (χ0) is 31.9. The van der Waals surface area contributed by atoms with Crippen molar-refractivity contribution in [1.29, 1.82) is 0 Å². The van der Waals surface area contributed by atoms with E-state index in [9.17, 15) is 0 Å². The second-order valence-corrected chi connectivity index (χ2v) is 13.3. The Bertz CT molecular complexity index is 2540. The summed E-state index contributed by atoms with van der Waals surface area (Å²) in [5.41, 5.74) is 10.8. The van der Waals surface area contributed by atoms with Gasteiger partial charge < -0.3 is 4.90 Å². The summed E-state index contributed by atoms with van der Waals surface area (Å²) in [4.78, 5) is 2.35. The van der Waals surface area contributed by atoms with Crippen molar-refractivity contribution in [3.63, 3.8) is 0 Å². The lowest BCUT2D eigenvalue weighted by Gasteiger charge is -2.27. The first kappa shape index (κ1) is 28.3. The molecule has 48 heavy (non-hydrogen) atoms. The van der Waals surface area contributed by atoms with E-state index in [1.807, 2.05) is 11.3 Å². The molecule has 226 valence electrons. The van der Waals surface area contributed by atoms with E-state index in [1.54, 1.807) is 0 Å². The maximum Gasteiger partial charge on any atom is 0.0540 e. The van der Waals surface area contributed by atoms with E-state index in [0.717, 1.165) is 11.4 Å². The molecule has 0 spiro atoms. The van der Waals surface area contributed by atoms with Crippen LogP contribution in [0.4, 0.5) is 17.1 Å². The summed E-state index contributed by atoms with van der Waals surface area (Å²) >= 11 is 1.88. The van der Waals surface area contributed by atoms with Crippen LogP contribution in [0.2, 0.25) is 0 Å². The molecule has 0 fully saturated rings. The molecule has 0 aliphatic heterocycles. The van der Waals surface area contributed by atoms with Crippen molar-refractivity contribution in [3.8, 4) is 33.4 Å². The van der Waals surface area contributed by atoms with Crippen molar-refractivity contribution in [1.82, 2.24) is 0 Å². The van der Waals surface area contributed by atoms with Crippen molar-refractivity contribution < 1.29 is 0 Å². The number of nitrogens with zero attached hydrogens (tertiary/aromatic N) is 1. The monoisotopic (exact) mass is 629 g/mol. The summed E-state index contributed by atoms with van der Waals surface area (Å²) in [6.45, 7) is 0. The van der Waals surface area contributed by atoms with E-state index in [0.29, 0.717) is 0 Å². The molecule has 0 aliphatic carbocycles. The van der Waals surface area contributed by atoms with Crippen LogP contribution in [0.3, 0.4) is 0 Å². The van der Waals surface area contributed by atoms with E-state index >= 15 is 0 Å². The van der Waals surface area contributed by atoms with Gasteiger partial charge in [-0.3, -0.25) is 0 Å². The summed E-state index contributed by atoms with van der Waals surface area (Å²) in [5, 5.41) is 5.10. The number of benzene rings is 8. The molecular weight excluding hydrogens is 599 g/mol. The Morgan fingerprint density at radius 1 is 0.312 bits per heavy atom. The fourth-order valence-electron chi connectivity index (χ4n) is 6.86. The number of thiophene rings is 1. The molecule has 1 heterocycles. The van der Waals surface area contributed by atoms with Gasteiger partial charge in [-0.2, -0.15) is 0 Å². The Kier molecular flexibility index (Phi) is 7.07. The van der Waals surface area contributed by atoms with Crippen molar-refractivity contribution in [2.75, 3.05) is 4.90 Å². The fourth-order valence-corrected chi connectivity index (χ4v) is 8.04. The van der Waals surface area contributed by atoms with E-state index in [4.69, 9.17) is 0 Å². The van der Waals surface area contributed by atoms with Gasteiger partial charge in [0.1, 0.15) is 0 Å². The van der Waals surface area contributed by atoms with Crippen LogP contribution in [0.15, 0.2) is 188 Å². The highest BCUT2D eigenvalue weighted by atomic mass is 32.1. The average Bonchev–Trinajstić information content (AvgIpc) is 3.53. The third-order valence-corrected chi connectivity index (χ3v) is 10.4. The first-order valence-electron chi connectivity index (χ1n) is 16.3. The van der Waals surface area contributed by atoms with Gasteiger partial charge in [0.2, 0.25) is 0 Å². The highest BCUT2D eigenvalue weighted by Gasteiger charge is 2.15. The Morgan fingerprint density at radius 3 is 1.52 bits per heavy atom. The number of hydrogen-bond acceptors (Lipinski definition) is 2. The summed E-state index contributed by atoms with van der Waals surface area (Å²) in [6, 6.07) is 68.0. The summed E-state index contributed by atoms with van der Waals surface area (Å²) < 4.78 is 2.64. The first-order valence-corrected chi connectivity index (χ1v) is 17.2. The van der Waals surface area contributed by atoms with Crippen LogP contribution in [0.5, 0.6) is 0 Å². The first-order chi connectivity index (χ1) is 23.8. The molecule has 0 saturated heterocycles. The van der Waals surface area contributed by atoms with Crippen LogP contribution in [0, 0.1) is 0 Å². The standard InChI is InChI=1S/C46H31NS/c1-3-11-32(12-4-1)37-23-27-42-43-28-24-38(31-46(43)48-45(42)30-37)36-16-9-15-35(29-36)33-21-25-40(26-22-33)47(39-17-5-2-6-18-39)44-20-10-14-34-13-7-8-19-41(34)44/h1-31H. The minimum absolute atomic E-state index is 1.13. The summed E-state index contributed by atoms with van der Waals surface area (Å²) in [5.74, 6) is 0. The summed E-state index contributed by atoms with van der Waals surface area (Å²) in [6.07, 6.45) is 0. The minimum atomic E-state index is 1.13. The van der Waals surface area contributed by atoms with Crippen molar-refractivity contribution in [2.24, 2.45) is 0 Å². The Labute approximate surface area is 284 Å². The molecule has 0 unspecified atom stereocenters. The van der Waals surface area contributed by atoms with Crippen molar-refractivity contribution in [3.05, 3.63) is 188 Å². The molecule has 9 rings (SSSR count). The number of rotatable bonds is 6. The van der Waals surface area contributed by atoms with Crippen molar-refractivity contribution in [2.45, 2.75) is 0 Å². The molecule has 2 heteroatoms. The normalized spacial score (nSPS) is 11.3. The lowest BCUT2D eigenvalue weighted by atomic mass is 9.98. The van der Waals surface area contributed by atoms with E-state index < -0.39 is 0 Å². The molecule has 0 aliphatic rings. The molecule has 0 atom stereocenters. The molecule has 1 nitrogen and oxygen atoms in total. The smallest absolute Gasteiger partial charge is 0.0540 e. The topological polar surface area (TPSA) is 3.24 Å². The van der Waals surface area contributed by atoms with Gasteiger partial charge in [0.15, 0.2) is 0 Å². The van der Waals surface area contributed by atoms with Crippen LogP contribution < -0.4 is 4.90 Å². The molecule has 9 aromatic rings. The van der Waals surface area contributed by atoms with Gasteiger partial charge in [0.05, 0.1) is 5.69 Å². The van der Waals surface area contributed by atoms with Crippen LogP contribution >= 0.6 is 11.3 Å². The van der Waals surface area contributed by atoms with Gasteiger partial charge in [-0.15, -0.1) is 11.3 Å². The zero-order valence-corrected chi connectivity index (χ0v) is 27.1. The Hall–Kier alpha value is -5.96. The van der Waals surface area contributed by atoms with E-state index in [1.165, 1.54) is 70.0 Å². The number of hydrogen-bond donors (Lipinski definition) is 0. The molecule has 0 amide bonds. The lowest BCUT2D eigenvalue weighted by molar-refractivity contribution is 1.30. The highest BCUT2D eigenvalue weighted by molar-refractivity contribution is 7.25. The third kappa shape index (κ3) is 5.13. The molecule has 1 aromatic heterocycles. The molecule has 0 saturated carbocycles. The number of para-hydroxylation sites is 1. The van der Waals surface area contributed by atoms with Crippen LogP contribution in [0.25, 0.3) is 64.3 Å². The van der Waals surface area contributed by atoms with E-state index in [2.05, 4.69) is 193 Å². The fraction of sp³-hybridized carbons (Fsp3) is 0. The molecule has 0 radical (unpaired) electrons. The van der Waals surface area contributed by atoms with Gasteiger partial charge in [-0.05, 0) is 87.3 Å².